The predicted octanol–water partition coefficient (Wildman–Crippen LogP) is 4.54. The Labute approximate surface area is 110 Å². The summed E-state index contributed by atoms with van der Waals surface area (Å²) in [7, 11) is 0. The molecule has 0 atom stereocenters. The fourth-order valence-electron chi connectivity index (χ4n) is 0.972. The molecule has 0 unspecified atom stereocenters. The maximum Gasteiger partial charge on any atom is 0.573 e. The average Bonchev–Trinajstić information content (AvgIpc) is 2.14. The van der Waals surface area contributed by atoms with Gasteiger partial charge < -0.3 is 10.5 Å². The molecule has 0 saturated heterocycles. The lowest BCUT2D eigenvalue weighted by Crippen LogP contribution is -2.18. The lowest BCUT2D eigenvalue weighted by molar-refractivity contribution is -0.274. The van der Waals surface area contributed by atoms with Gasteiger partial charge in [-0.3, -0.25) is 0 Å². The molecule has 18 heavy (non-hydrogen) atoms. The van der Waals surface area contributed by atoms with Crippen molar-refractivity contribution in [3.05, 3.63) is 16.6 Å². The molecule has 102 valence electrons. The molecule has 0 bridgehead atoms. The summed E-state index contributed by atoms with van der Waals surface area (Å²) in [6.45, 7) is 0. The topological polar surface area (TPSA) is 35.2 Å². The van der Waals surface area contributed by atoms with Gasteiger partial charge in [0.1, 0.15) is 0 Å². The summed E-state index contributed by atoms with van der Waals surface area (Å²) >= 11 is 2.20. The van der Waals surface area contributed by atoms with Gasteiger partial charge in [-0.1, -0.05) is 0 Å². The minimum Gasteiger partial charge on any atom is -0.404 e. The van der Waals surface area contributed by atoms with E-state index in [1.165, 1.54) is 0 Å². The van der Waals surface area contributed by atoms with Crippen molar-refractivity contribution < 1.29 is 31.1 Å². The molecule has 0 heterocycles. The molecule has 2 nitrogen and oxygen atoms in total. The largest absolute Gasteiger partial charge is 0.573 e. The third-order valence-corrected chi connectivity index (χ3v) is 3.46. The first kappa shape index (κ1) is 15.3. The van der Waals surface area contributed by atoms with Crippen LogP contribution < -0.4 is 10.5 Å². The smallest absolute Gasteiger partial charge is 0.404 e. The Bertz CT molecular complexity index is 405. The Balaban J connectivity index is 3.06. The van der Waals surface area contributed by atoms with Crippen LogP contribution in [-0.4, -0.2) is 11.9 Å². The van der Waals surface area contributed by atoms with Gasteiger partial charge in [0.05, 0.1) is 10.2 Å². The molecule has 0 aliphatic rings. The quantitative estimate of drug-likeness (QED) is 0.480. The van der Waals surface area contributed by atoms with Crippen LogP contribution in [0.15, 0.2) is 21.5 Å². The highest BCUT2D eigenvalue weighted by atomic mass is 79.9. The molecule has 0 aliphatic heterocycles. The van der Waals surface area contributed by atoms with Crippen molar-refractivity contribution in [3.8, 4) is 5.75 Å². The molecule has 2 N–H and O–H groups in total. The Morgan fingerprint density at radius 1 is 1.11 bits per heavy atom. The molecule has 0 aromatic heterocycles. The van der Waals surface area contributed by atoms with E-state index in [9.17, 15) is 26.3 Å². The Hall–Kier alpha value is -0.770. The summed E-state index contributed by atoms with van der Waals surface area (Å²) in [4.78, 5) is -0.352. The van der Waals surface area contributed by atoms with E-state index in [2.05, 4.69) is 20.7 Å². The van der Waals surface area contributed by atoms with Gasteiger partial charge in [0, 0.05) is 4.90 Å². The van der Waals surface area contributed by atoms with Crippen LogP contribution in [0.4, 0.5) is 32.0 Å². The van der Waals surface area contributed by atoms with E-state index in [1.54, 1.807) is 0 Å². The number of hydrogen-bond donors (Lipinski definition) is 1. The first-order valence-corrected chi connectivity index (χ1v) is 5.70. The third-order valence-electron chi connectivity index (χ3n) is 1.56. The van der Waals surface area contributed by atoms with Crippen LogP contribution in [0, 0.1) is 0 Å². The van der Waals surface area contributed by atoms with Crippen molar-refractivity contribution in [2.24, 2.45) is 0 Å². The molecular formula is C8H4BrF6NOS. The summed E-state index contributed by atoms with van der Waals surface area (Å²) in [5.41, 5.74) is 0.135. The standard InChI is InChI=1S/C8H4BrF6NOS/c9-5-4(18-8(13,14)15)2-1-3(6(5)16)17-7(10,11)12/h1-2H,16H2. The highest BCUT2D eigenvalue weighted by molar-refractivity contribution is 9.10. The highest BCUT2D eigenvalue weighted by Crippen LogP contribution is 2.45. The molecule has 0 saturated carbocycles. The van der Waals surface area contributed by atoms with E-state index in [1.807, 2.05) is 0 Å². The first-order valence-electron chi connectivity index (χ1n) is 4.09. The molecule has 0 aliphatic carbocycles. The van der Waals surface area contributed by atoms with E-state index < -0.39 is 35.1 Å². The highest BCUT2D eigenvalue weighted by Gasteiger charge is 2.34. The number of nitrogens with two attached hydrogens (primary N) is 1. The van der Waals surface area contributed by atoms with Gasteiger partial charge in [0.25, 0.3) is 0 Å². The first-order chi connectivity index (χ1) is 7.99. The molecular weight excluding hydrogens is 352 g/mol. The van der Waals surface area contributed by atoms with Crippen molar-refractivity contribution in [1.29, 1.82) is 0 Å². The molecule has 1 rings (SSSR count). The van der Waals surface area contributed by atoms with Crippen LogP contribution in [0.3, 0.4) is 0 Å². The van der Waals surface area contributed by atoms with Gasteiger partial charge in [0.2, 0.25) is 0 Å². The second kappa shape index (κ2) is 5.08. The summed E-state index contributed by atoms with van der Waals surface area (Å²) in [6.07, 6.45) is -4.97. The molecule has 0 fully saturated rings. The molecule has 0 spiro atoms. The number of hydrogen-bond acceptors (Lipinski definition) is 3. The molecule has 1 aromatic carbocycles. The van der Waals surface area contributed by atoms with Gasteiger partial charge in [-0.05, 0) is 39.8 Å². The number of halogens is 7. The summed E-state index contributed by atoms with van der Waals surface area (Å²) in [5, 5.41) is 0. The second-order valence-corrected chi connectivity index (χ2v) is 4.78. The SMILES string of the molecule is Nc1c(OC(F)(F)F)ccc(SC(F)(F)F)c1Br. The van der Waals surface area contributed by atoms with E-state index in [-0.39, 0.29) is 9.37 Å². The number of rotatable bonds is 2. The maximum absolute atomic E-state index is 12.1. The van der Waals surface area contributed by atoms with Crippen molar-refractivity contribution in [1.82, 2.24) is 0 Å². The lowest BCUT2D eigenvalue weighted by Gasteiger charge is -2.14. The van der Waals surface area contributed by atoms with Crippen molar-refractivity contribution in [2.75, 3.05) is 5.73 Å². The van der Waals surface area contributed by atoms with Crippen molar-refractivity contribution in [2.45, 2.75) is 16.8 Å². The van der Waals surface area contributed by atoms with Crippen LogP contribution in [0.2, 0.25) is 0 Å². The summed E-state index contributed by atoms with van der Waals surface area (Å²) in [6, 6.07) is 1.56. The monoisotopic (exact) mass is 355 g/mol. The minimum absolute atomic E-state index is 0.299. The molecule has 0 radical (unpaired) electrons. The lowest BCUT2D eigenvalue weighted by atomic mass is 10.3. The molecule has 1 aromatic rings. The zero-order valence-electron chi connectivity index (χ0n) is 8.19. The van der Waals surface area contributed by atoms with Crippen LogP contribution in [0.5, 0.6) is 5.75 Å². The Morgan fingerprint density at radius 3 is 2.11 bits per heavy atom. The van der Waals surface area contributed by atoms with E-state index >= 15 is 0 Å². The molecule has 0 amide bonds. The number of ether oxygens (including phenoxy) is 1. The van der Waals surface area contributed by atoms with Crippen LogP contribution >= 0.6 is 27.7 Å². The zero-order chi connectivity index (χ0) is 14.1. The number of nitrogen functional groups attached to an aromatic ring is 1. The fraction of sp³-hybridized carbons (Fsp3) is 0.250. The minimum atomic E-state index is -4.97. The van der Waals surface area contributed by atoms with Crippen molar-refractivity contribution >= 4 is 33.4 Å². The normalized spacial score (nSPS) is 12.6. The summed E-state index contributed by atoms with van der Waals surface area (Å²) < 4.78 is 75.4. The summed E-state index contributed by atoms with van der Waals surface area (Å²) in [5.74, 6) is -0.763. The third kappa shape index (κ3) is 4.48. The van der Waals surface area contributed by atoms with Crippen molar-refractivity contribution in [3.63, 3.8) is 0 Å². The van der Waals surface area contributed by atoms with Crippen LogP contribution in [0.25, 0.3) is 0 Å². The van der Waals surface area contributed by atoms with Gasteiger partial charge in [-0.15, -0.1) is 13.2 Å². The van der Waals surface area contributed by atoms with Gasteiger partial charge in [-0.2, -0.15) is 13.2 Å². The predicted molar refractivity (Wildman–Crippen MR) is 57.1 cm³/mol. The van der Waals surface area contributed by atoms with E-state index in [0.29, 0.717) is 0 Å². The molecule has 10 heteroatoms. The maximum atomic E-state index is 12.1. The fourth-order valence-corrected chi connectivity index (χ4v) is 2.13. The van der Waals surface area contributed by atoms with E-state index in [0.717, 1.165) is 12.1 Å². The zero-order valence-corrected chi connectivity index (χ0v) is 10.6. The van der Waals surface area contributed by atoms with Gasteiger partial charge >= 0.3 is 11.9 Å². The van der Waals surface area contributed by atoms with E-state index in [4.69, 9.17) is 5.73 Å². The van der Waals surface area contributed by atoms with Gasteiger partial charge in [0.15, 0.2) is 5.75 Å². The average molecular weight is 356 g/mol. The van der Waals surface area contributed by atoms with Crippen LogP contribution in [-0.2, 0) is 0 Å². The number of benzene rings is 1. The second-order valence-electron chi connectivity index (χ2n) is 2.89. The van der Waals surface area contributed by atoms with Crippen LogP contribution in [0.1, 0.15) is 0 Å². The van der Waals surface area contributed by atoms with Gasteiger partial charge in [-0.25, -0.2) is 0 Å². The number of thioether (sulfide) groups is 1. The number of alkyl halides is 6. The Morgan fingerprint density at radius 2 is 1.67 bits per heavy atom. The number of anilines is 1. The Kier molecular flexibility index (Phi) is 4.31.